The van der Waals surface area contributed by atoms with Crippen LogP contribution in [0.3, 0.4) is 0 Å². The van der Waals surface area contributed by atoms with Crippen molar-refractivity contribution >= 4 is 5.91 Å². The number of hydrogen-bond acceptors (Lipinski definition) is 4. The van der Waals surface area contributed by atoms with Crippen molar-refractivity contribution in [1.82, 2.24) is 10.2 Å². The average molecular weight is 264 g/mol. The number of likely N-dealkylation sites (N-methyl/N-ethyl adjacent to an activating group) is 1. The highest BCUT2D eigenvalue weighted by atomic mass is 16.5. The highest BCUT2D eigenvalue weighted by Gasteiger charge is 2.19. The van der Waals surface area contributed by atoms with E-state index in [1.54, 1.807) is 18.2 Å². The molecule has 1 aliphatic rings. The van der Waals surface area contributed by atoms with Crippen LogP contribution < -0.4 is 5.32 Å². The van der Waals surface area contributed by atoms with Crippen molar-refractivity contribution in [2.24, 2.45) is 0 Å². The molecule has 5 nitrogen and oxygen atoms in total. The standard InChI is InChI=1S/C14H20N2O3/c1-10-3-4-12(13(17)7-10)14(18)15-8-11-9-16(2)5-6-19-11/h3-4,7,11,17H,5-6,8-9H2,1-2H3,(H,15,18). The third-order valence-corrected chi connectivity index (χ3v) is 3.23. The largest absolute Gasteiger partial charge is 0.507 e. The lowest BCUT2D eigenvalue weighted by molar-refractivity contribution is -0.0175. The van der Waals surface area contributed by atoms with Gasteiger partial charge in [-0.2, -0.15) is 0 Å². The first-order chi connectivity index (χ1) is 9.06. The second-order valence-electron chi connectivity index (χ2n) is 4.99. The van der Waals surface area contributed by atoms with E-state index >= 15 is 0 Å². The molecule has 1 unspecified atom stereocenters. The Morgan fingerprint density at radius 1 is 1.58 bits per heavy atom. The Kier molecular flexibility index (Phi) is 4.39. The molecule has 104 valence electrons. The van der Waals surface area contributed by atoms with Gasteiger partial charge >= 0.3 is 0 Å². The first kappa shape index (κ1) is 13.8. The van der Waals surface area contributed by atoms with Gasteiger partial charge in [-0.05, 0) is 31.7 Å². The molecule has 1 aliphatic heterocycles. The van der Waals surface area contributed by atoms with Crippen molar-refractivity contribution in [3.05, 3.63) is 29.3 Å². The van der Waals surface area contributed by atoms with Crippen LogP contribution in [-0.4, -0.2) is 55.3 Å². The molecule has 19 heavy (non-hydrogen) atoms. The van der Waals surface area contributed by atoms with E-state index in [4.69, 9.17) is 4.74 Å². The van der Waals surface area contributed by atoms with Crippen LogP contribution >= 0.6 is 0 Å². The number of nitrogens with zero attached hydrogens (tertiary/aromatic N) is 1. The lowest BCUT2D eigenvalue weighted by Crippen LogP contribution is -2.45. The highest BCUT2D eigenvalue weighted by molar-refractivity contribution is 5.96. The van der Waals surface area contributed by atoms with E-state index in [2.05, 4.69) is 10.2 Å². The van der Waals surface area contributed by atoms with E-state index in [0.717, 1.165) is 18.7 Å². The summed E-state index contributed by atoms with van der Waals surface area (Å²) in [6.07, 6.45) is 0.00953. The number of benzene rings is 1. The van der Waals surface area contributed by atoms with Crippen LogP contribution in [0.4, 0.5) is 0 Å². The van der Waals surface area contributed by atoms with Crippen molar-refractivity contribution in [3.63, 3.8) is 0 Å². The Bertz CT molecular complexity index is 462. The molecule has 1 heterocycles. The number of morpholine rings is 1. The maximum Gasteiger partial charge on any atom is 0.255 e. The summed E-state index contributed by atoms with van der Waals surface area (Å²) in [6, 6.07) is 5.02. The quantitative estimate of drug-likeness (QED) is 0.846. The molecule has 0 bridgehead atoms. The van der Waals surface area contributed by atoms with Gasteiger partial charge in [-0.3, -0.25) is 4.79 Å². The minimum absolute atomic E-state index is 0.00953. The van der Waals surface area contributed by atoms with E-state index in [1.807, 2.05) is 14.0 Å². The molecule has 2 N–H and O–H groups in total. The number of ether oxygens (including phenoxy) is 1. The van der Waals surface area contributed by atoms with Crippen LogP contribution in [0.15, 0.2) is 18.2 Å². The van der Waals surface area contributed by atoms with Crippen LogP contribution in [0, 0.1) is 6.92 Å². The molecule has 1 saturated heterocycles. The summed E-state index contributed by atoms with van der Waals surface area (Å²) < 4.78 is 5.57. The Balaban J connectivity index is 1.90. The maximum absolute atomic E-state index is 12.0. The Morgan fingerprint density at radius 3 is 3.05 bits per heavy atom. The molecule has 1 atom stereocenters. The number of carbonyl (C=O) groups is 1. The monoisotopic (exact) mass is 264 g/mol. The predicted molar refractivity (Wildman–Crippen MR) is 72.4 cm³/mol. The zero-order chi connectivity index (χ0) is 13.8. The molecule has 5 heteroatoms. The minimum atomic E-state index is -0.269. The number of nitrogens with one attached hydrogen (secondary N) is 1. The van der Waals surface area contributed by atoms with Gasteiger partial charge in [0.2, 0.25) is 0 Å². The number of aryl methyl sites for hydroxylation is 1. The SMILES string of the molecule is Cc1ccc(C(=O)NCC2CN(C)CCO2)c(O)c1. The topological polar surface area (TPSA) is 61.8 Å². The second kappa shape index (κ2) is 6.04. The fourth-order valence-electron chi connectivity index (χ4n) is 2.13. The number of phenols is 1. The number of amides is 1. The van der Waals surface area contributed by atoms with Gasteiger partial charge in [0, 0.05) is 19.6 Å². The number of aromatic hydroxyl groups is 1. The van der Waals surface area contributed by atoms with E-state index in [1.165, 1.54) is 0 Å². The Hall–Kier alpha value is -1.59. The number of hydrogen-bond donors (Lipinski definition) is 2. The van der Waals surface area contributed by atoms with Crippen molar-refractivity contribution < 1.29 is 14.6 Å². The van der Waals surface area contributed by atoms with Crippen molar-refractivity contribution in [2.45, 2.75) is 13.0 Å². The minimum Gasteiger partial charge on any atom is -0.507 e. The molecular weight excluding hydrogens is 244 g/mol. The maximum atomic E-state index is 12.0. The predicted octanol–water partition coefficient (Wildman–Crippen LogP) is 0.761. The molecule has 1 aromatic carbocycles. The lowest BCUT2D eigenvalue weighted by Gasteiger charge is -2.30. The number of phenolic OH excluding ortho intramolecular Hbond substituents is 1. The fourth-order valence-corrected chi connectivity index (χ4v) is 2.13. The molecule has 0 aromatic heterocycles. The van der Waals surface area contributed by atoms with Gasteiger partial charge in [-0.25, -0.2) is 0 Å². The zero-order valence-electron chi connectivity index (χ0n) is 11.3. The van der Waals surface area contributed by atoms with E-state index < -0.39 is 0 Å². The van der Waals surface area contributed by atoms with Crippen LogP contribution in [0.5, 0.6) is 5.75 Å². The molecule has 1 amide bonds. The Labute approximate surface area is 113 Å². The van der Waals surface area contributed by atoms with Gasteiger partial charge in [0.05, 0.1) is 18.3 Å². The van der Waals surface area contributed by atoms with Gasteiger partial charge in [0.15, 0.2) is 0 Å². The average Bonchev–Trinajstić information content (AvgIpc) is 2.36. The Morgan fingerprint density at radius 2 is 2.37 bits per heavy atom. The third-order valence-electron chi connectivity index (χ3n) is 3.23. The van der Waals surface area contributed by atoms with Gasteiger partial charge in [-0.15, -0.1) is 0 Å². The molecule has 2 rings (SSSR count). The first-order valence-electron chi connectivity index (χ1n) is 6.44. The van der Waals surface area contributed by atoms with Gasteiger partial charge in [0.25, 0.3) is 5.91 Å². The first-order valence-corrected chi connectivity index (χ1v) is 6.44. The summed E-state index contributed by atoms with van der Waals surface area (Å²) in [6.45, 7) is 4.74. The molecule has 0 saturated carbocycles. The third kappa shape index (κ3) is 3.68. The van der Waals surface area contributed by atoms with Crippen LogP contribution in [0.25, 0.3) is 0 Å². The van der Waals surface area contributed by atoms with Crippen molar-refractivity contribution in [1.29, 1.82) is 0 Å². The number of rotatable bonds is 3. The molecule has 0 radical (unpaired) electrons. The molecular formula is C14H20N2O3. The summed E-state index contributed by atoms with van der Waals surface area (Å²) in [7, 11) is 2.03. The summed E-state index contributed by atoms with van der Waals surface area (Å²) in [4.78, 5) is 14.1. The normalized spacial score (nSPS) is 20.2. The van der Waals surface area contributed by atoms with E-state index in [9.17, 15) is 9.90 Å². The lowest BCUT2D eigenvalue weighted by atomic mass is 10.1. The fraction of sp³-hybridized carbons (Fsp3) is 0.500. The van der Waals surface area contributed by atoms with Crippen LogP contribution in [-0.2, 0) is 4.74 Å². The summed E-state index contributed by atoms with van der Waals surface area (Å²) in [5, 5.41) is 12.5. The van der Waals surface area contributed by atoms with Gasteiger partial charge in [0.1, 0.15) is 5.75 Å². The van der Waals surface area contributed by atoms with E-state index in [0.29, 0.717) is 18.7 Å². The smallest absolute Gasteiger partial charge is 0.255 e. The second-order valence-corrected chi connectivity index (χ2v) is 4.99. The van der Waals surface area contributed by atoms with Crippen molar-refractivity contribution in [2.75, 3.05) is 33.3 Å². The van der Waals surface area contributed by atoms with Crippen LogP contribution in [0.2, 0.25) is 0 Å². The summed E-state index contributed by atoms with van der Waals surface area (Å²) in [5.41, 5.74) is 1.22. The summed E-state index contributed by atoms with van der Waals surface area (Å²) >= 11 is 0. The molecule has 0 spiro atoms. The molecule has 0 aliphatic carbocycles. The van der Waals surface area contributed by atoms with Gasteiger partial charge < -0.3 is 20.1 Å². The van der Waals surface area contributed by atoms with E-state index in [-0.39, 0.29) is 17.8 Å². The molecule has 1 aromatic rings. The summed E-state index contributed by atoms with van der Waals surface area (Å²) in [5.74, 6) is -0.256. The van der Waals surface area contributed by atoms with Crippen LogP contribution in [0.1, 0.15) is 15.9 Å². The highest BCUT2D eigenvalue weighted by Crippen LogP contribution is 2.18. The number of carbonyl (C=O) groups excluding carboxylic acids is 1. The molecule has 1 fully saturated rings. The van der Waals surface area contributed by atoms with Crippen molar-refractivity contribution in [3.8, 4) is 5.75 Å². The zero-order valence-corrected chi connectivity index (χ0v) is 11.3. The van der Waals surface area contributed by atoms with Gasteiger partial charge in [-0.1, -0.05) is 6.07 Å².